The summed E-state index contributed by atoms with van der Waals surface area (Å²) in [4.78, 5) is 11.6. The van der Waals surface area contributed by atoms with E-state index in [-0.39, 0.29) is 30.2 Å². The zero-order valence-electron chi connectivity index (χ0n) is 11.9. The fourth-order valence-corrected chi connectivity index (χ4v) is 3.37. The van der Waals surface area contributed by atoms with Gasteiger partial charge in [-0.1, -0.05) is 13.8 Å². The maximum atomic E-state index is 11.9. The Kier molecular flexibility index (Phi) is 6.22. The summed E-state index contributed by atoms with van der Waals surface area (Å²) in [6, 6.07) is 0.0868. The van der Waals surface area contributed by atoms with Crippen molar-refractivity contribution in [2.75, 3.05) is 32.6 Å². The van der Waals surface area contributed by atoms with E-state index in [1.54, 1.807) is 0 Å². The number of sulfonamides is 1. The van der Waals surface area contributed by atoms with Crippen LogP contribution < -0.4 is 5.32 Å². The standard InChI is InChI=1S/C12H24N2O4S/c1-10(2)12(15)13-11-4-6-14(7-5-11)19(16,17)9-8-18-3/h10-11H,4-9H2,1-3H3,(H,13,15). The van der Waals surface area contributed by atoms with Crippen LogP contribution >= 0.6 is 0 Å². The van der Waals surface area contributed by atoms with Gasteiger partial charge in [0.2, 0.25) is 15.9 Å². The summed E-state index contributed by atoms with van der Waals surface area (Å²) in [5.74, 6) is 0.0103. The minimum absolute atomic E-state index is 0.0204. The summed E-state index contributed by atoms with van der Waals surface area (Å²) < 4.78 is 30.2. The predicted octanol–water partition coefficient (Wildman–Crippen LogP) is 0.199. The molecule has 0 saturated carbocycles. The molecule has 1 amide bonds. The molecule has 0 spiro atoms. The number of hydrogen-bond donors (Lipinski definition) is 1. The lowest BCUT2D eigenvalue weighted by atomic mass is 10.1. The third-order valence-electron chi connectivity index (χ3n) is 3.26. The van der Waals surface area contributed by atoms with E-state index in [0.29, 0.717) is 25.9 Å². The minimum atomic E-state index is -3.22. The molecule has 0 aromatic heterocycles. The highest BCUT2D eigenvalue weighted by molar-refractivity contribution is 7.89. The van der Waals surface area contributed by atoms with Crippen molar-refractivity contribution < 1.29 is 17.9 Å². The van der Waals surface area contributed by atoms with Crippen molar-refractivity contribution in [3.05, 3.63) is 0 Å². The molecule has 1 aliphatic rings. The number of carbonyl (C=O) groups excluding carboxylic acids is 1. The van der Waals surface area contributed by atoms with Crippen molar-refractivity contribution in [1.29, 1.82) is 0 Å². The Balaban J connectivity index is 2.42. The molecular weight excluding hydrogens is 268 g/mol. The number of hydrogen-bond acceptors (Lipinski definition) is 4. The van der Waals surface area contributed by atoms with E-state index in [1.807, 2.05) is 13.8 Å². The molecule has 1 heterocycles. The summed E-state index contributed by atoms with van der Waals surface area (Å²) in [7, 11) is -1.73. The lowest BCUT2D eigenvalue weighted by Crippen LogP contribution is -2.48. The van der Waals surface area contributed by atoms with Gasteiger partial charge in [0.1, 0.15) is 0 Å². The van der Waals surface area contributed by atoms with Crippen molar-refractivity contribution in [2.24, 2.45) is 5.92 Å². The Hall–Kier alpha value is -0.660. The van der Waals surface area contributed by atoms with Gasteiger partial charge in [-0.15, -0.1) is 0 Å². The van der Waals surface area contributed by atoms with Crippen LogP contribution in [-0.2, 0) is 19.6 Å². The minimum Gasteiger partial charge on any atom is -0.384 e. The maximum absolute atomic E-state index is 11.9. The summed E-state index contributed by atoms with van der Waals surface area (Å²) in [5, 5.41) is 2.95. The van der Waals surface area contributed by atoms with Crippen molar-refractivity contribution in [3.63, 3.8) is 0 Å². The Morgan fingerprint density at radius 3 is 2.42 bits per heavy atom. The van der Waals surface area contributed by atoms with Crippen molar-refractivity contribution in [2.45, 2.75) is 32.7 Å². The lowest BCUT2D eigenvalue weighted by molar-refractivity contribution is -0.124. The molecule has 0 aliphatic carbocycles. The van der Waals surface area contributed by atoms with Crippen LogP contribution in [0.3, 0.4) is 0 Å². The summed E-state index contributed by atoms with van der Waals surface area (Å²) in [6.07, 6.45) is 1.34. The highest BCUT2D eigenvalue weighted by Gasteiger charge is 2.28. The Bertz CT molecular complexity index is 387. The molecule has 0 atom stereocenters. The Labute approximate surface area is 115 Å². The van der Waals surface area contributed by atoms with E-state index in [0.717, 1.165) is 0 Å². The zero-order valence-corrected chi connectivity index (χ0v) is 12.7. The quantitative estimate of drug-likeness (QED) is 0.759. The first-order chi connectivity index (χ1) is 8.86. The van der Waals surface area contributed by atoms with Gasteiger partial charge >= 0.3 is 0 Å². The molecule has 0 aromatic rings. The first kappa shape index (κ1) is 16.4. The third kappa shape index (κ3) is 5.08. The number of piperidine rings is 1. The summed E-state index contributed by atoms with van der Waals surface area (Å²) >= 11 is 0. The second kappa shape index (κ2) is 7.21. The van der Waals surface area contributed by atoms with Gasteiger partial charge in [-0.2, -0.15) is 0 Å². The van der Waals surface area contributed by atoms with Crippen LogP contribution in [0.15, 0.2) is 0 Å². The molecule has 1 fully saturated rings. The number of nitrogens with one attached hydrogen (secondary N) is 1. The average Bonchev–Trinajstić information content (AvgIpc) is 2.37. The van der Waals surface area contributed by atoms with Crippen LogP contribution in [0, 0.1) is 5.92 Å². The van der Waals surface area contributed by atoms with E-state index in [4.69, 9.17) is 4.74 Å². The number of amides is 1. The number of nitrogens with zero attached hydrogens (tertiary/aromatic N) is 1. The highest BCUT2D eigenvalue weighted by Crippen LogP contribution is 2.15. The number of carbonyl (C=O) groups is 1. The van der Waals surface area contributed by atoms with Gasteiger partial charge in [0.15, 0.2) is 0 Å². The molecule has 1 rings (SSSR count). The molecule has 0 radical (unpaired) electrons. The average molecular weight is 292 g/mol. The summed E-state index contributed by atoms with van der Waals surface area (Å²) in [5.41, 5.74) is 0. The zero-order chi connectivity index (χ0) is 14.5. The Morgan fingerprint density at radius 2 is 1.95 bits per heavy atom. The largest absolute Gasteiger partial charge is 0.384 e. The van der Waals surface area contributed by atoms with Gasteiger partial charge in [0, 0.05) is 32.2 Å². The normalized spacial score (nSPS) is 18.7. The molecule has 0 aromatic carbocycles. The van der Waals surface area contributed by atoms with Crippen molar-refractivity contribution >= 4 is 15.9 Å². The second-order valence-electron chi connectivity index (χ2n) is 5.15. The van der Waals surface area contributed by atoms with Gasteiger partial charge in [-0.25, -0.2) is 12.7 Å². The SMILES string of the molecule is COCCS(=O)(=O)N1CCC(NC(=O)C(C)C)CC1. The van der Waals surface area contributed by atoms with E-state index in [2.05, 4.69) is 5.32 Å². The van der Waals surface area contributed by atoms with Crippen LogP contribution in [0.2, 0.25) is 0 Å². The molecule has 1 saturated heterocycles. The Morgan fingerprint density at radius 1 is 1.37 bits per heavy atom. The number of methoxy groups -OCH3 is 1. The molecule has 1 aliphatic heterocycles. The van der Waals surface area contributed by atoms with Crippen LogP contribution in [0.1, 0.15) is 26.7 Å². The predicted molar refractivity (Wildman–Crippen MR) is 73.2 cm³/mol. The molecule has 0 bridgehead atoms. The number of rotatable bonds is 6. The maximum Gasteiger partial charge on any atom is 0.222 e. The fraction of sp³-hybridized carbons (Fsp3) is 0.917. The van der Waals surface area contributed by atoms with E-state index < -0.39 is 10.0 Å². The van der Waals surface area contributed by atoms with Gasteiger partial charge in [-0.05, 0) is 12.8 Å². The second-order valence-corrected chi connectivity index (χ2v) is 7.23. The van der Waals surface area contributed by atoms with Crippen LogP contribution in [0.25, 0.3) is 0 Å². The van der Waals surface area contributed by atoms with Crippen LogP contribution in [-0.4, -0.2) is 57.2 Å². The van der Waals surface area contributed by atoms with Gasteiger partial charge in [0.05, 0.1) is 12.4 Å². The van der Waals surface area contributed by atoms with Crippen molar-refractivity contribution in [1.82, 2.24) is 9.62 Å². The molecule has 1 N–H and O–H groups in total. The molecule has 0 unspecified atom stereocenters. The molecule has 19 heavy (non-hydrogen) atoms. The van der Waals surface area contributed by atoms with Gasteiger partial charge < -0.3 is 10.1 Å². The van der Waals surface area contributed by atoms with Crippen LogP contribution in [0.5, 0.6) is 0 Å². The highest BCUT2D eigenvalue weighted by atomic mass is 32.2. The molecule has 6 nitrogen and oxygen atoms in total. The fourth-order valence-electron chi connectivity index (χ4n) is 1.96. The van der Waals surface area contributed by atoms with E-state index in [9.17, 15) is 13.2 Å². The van der Waals surface area contributed by atoms with E-state index >= 15 is 0 Å². The molecule has 7 heteroatoms. The topological polar surface area (TPSA) is 75.7 Å². The van der Waals surface area contributed by atoms with Crippen LogP contribution in [0.4, 0.5) is 0 Å². The first-order valence-electron chi connectivity index (χ1n) is 6.64. The van der Waals surface area contributed by atoms with Gasteiger partial charge in [0.25, 0.3) is 0 Å². The van der Waals surface area contributed by atoms with E-state index in [1.165, 1.54) is 11.4 Å². The lowest BCUT2D eigenvalue weighted by Gasteiger charge is -2.31. The molecular formula is C12H24N2O4S. The summed E-state index contributed by atoms with van der Waals surface area (Å²) in [6.45, 7) is 4.84. The molecule has 112 valence electrons. The smallest absolute Gasteiger partial charge is 0.222 e. The monoisotopic (exact) mass is 292 g/mol. The van der Waals surface area contributed by atoms with Gasteiger partial charge in [-0.3, -0.25) is 4.79 Å². The third-order valence-corrected chi connectivity index (χ3v) is 5.10. The van der Waals surface area contributed by atoms with Crippen molar-refractivity contribution in [3.8, 4) is 0 Å². The first-order valence-corrected chi connectivity index (χ1v) is 8.25. The number of ether oxygens (including phenoxy) is 1.